The lowest BCUT2D eigenvalue weighted by Gasteiger charge is -2.37. The number of carbonyl (C=O) groups excluding carboxylic acids is 4. The fourth-order valence-electron chi connectivity index (χ4n) is 7.00. The van der Waals surface area contributed by atoms with E-state index in [2.05, 4.69) is 21.3 Å². The summed E-state index contributed by atoms with van der Waals surface area (Å²) in [6.07, 6.45) is 4.00. The number of thiocarbonyl (C=S) groups is 1. The number of amides is 3. The minimum Gasteiger partial charge on any atom is -0.480 e. The highest BCUT2D eigenvalue weighted by Crippen LogP contribution is 2.27. The average Bonchev–Trinajstić information content (AvgIpc) is 3.21. The minimum atomic E-state index is -1.11. The Labute approximate surface area is 373 Å². The molecule has 0 radical (unpaired) electrons. The Morgan fingerprint density at radius 2 is 1.27 bits per heavy atom. The summed E-state index contributed by atoms with van der Waals surface area (Å²) >= 11 is 5.34. The van der Waals surface area contributed by atoms with Crippen molar-refractivity contribution in [2.24, 2.45) is 5.41 Å². The summed E-state index contributed by atoms with van der Waals surface area (Å²) in [6.45, 7) is 4.01. The van der Waals surface area contributed by atoms with Crippen LogP contribution >= 0.6 is 12.2 Å². The Morgan fingerprint density at radius 3 is 1.83 bits per heavy atom. The summed E-state index contributed by atoms with van der Waals surface area (Å²) in [5.74, 6) is -5.27. The Hall–Kier alpha value is -5.29. The van der Waals surface area contributed by atoms with E-state index in [1.54, 1.807) is 62.7 Å². The number of rotatable bonds is 25. The molecule has 1 heterocycles. The molecule has 2 atom stereocenters. The molecule has 0 aliphatic carbocycles. The molecule has 1 aromatic rings. The molecule has 0 spiro atoms. The molecule has 1 aromatic carbocycles. The summed E-state index contributed by atoms with van der Waals surface area (Å²) in [7, 11) is 1.72. The second kappa shape index (κ2) is 28.4. The highest BCUT2D eigenvalue weighted by Gasteiger charge is 2.33. The fraction of sp³-hybridized carbons (Fsp3) is 0.634. The molecule has 2 rings (SSSR count). The van der Waals surface area contributed by atoms with Crippen molar-refractivity contribution in [1.82, 2.24) is 40.4 Å². The van der Waals surface area contributed by atoms with Crippen LogP contribution in [-0.4, -0.2) is 209 Å². The molecule has 1 fully saturated rings. The number of carbonyl (C=O) groups is 8. The van der Waals surface area contributed by atoms with Crippen molar-refractivity contribution >= 4 is 70.9 Å². The number of aldehydes is 1. The van der Waals surface area contributed by atoms with Crippen LogP contribution in [0, 0.1) is 5.41 Å². The lowest BCUT2D eigenvalue weighted by atomic mass is 9.83. The van der Waals surface area contributed by atoms with Crippen LogP contribution < -0.4 is 21.3 Å². The van der Waals surface area contributed by atoms with E-state index >= 15 is 0 Å². The predicted molar refractivity (Wildman–Crippen MR) is 236 cm³/mol. The second-order valence-electron chi connectivity index (χ2n) is 15.9. The smallest absolute Gasteiger partial charge is 0.317 e. The first-order chi connectivity index (χ1) is 29.8. The highest BCUT2D eigenvalue weighted by molar-refractivity contribution is 7.80. The van der Waals surface area contributed by atoms with Crippen LogP contribution in [-0.2, 0) is 44.8 Å². The molecule has 1 aliphatic rings. The largest absolute Gasteiger partial charge is 0.480 e. The molecule has 22 heteroatoms. The van der Waals surface area contributed by atoms with Gasteiger partial charge in [0.2, 0.25) is 17.7 Å². The molecular weight excluding hydrogens is 843 g/mol. The third kappa shape index (κ3) is 22.1. The standard InChI is InChI=1S/C41H65N9O12S/c1-4-41(2,12-21-51)39(62)46(3)14-7-5-6-13-42-33(52)23-43-34(53)24-44-40(63)45-31-10-8-30(9-11-31)22-32-25-49(28-37(58)59)18-17-47(26-35(54)55)15-16-48(27-36(56)57)19-20-50(32)29-38(60)61/h8-11,21,32H,4-7,12-20,22-29H2,1-3H3,(H,42,52)(H,43,53)(H,54,55)(H,56,57)(H,58,59)(H,60,61)(H2,44,45,63). The molecule has 0 aromatic heterocycles. The number of hydrogen-bond donors (Lipinski definition) is 8. The molecule has 0 saturated carbocycles. The van der Waals surface area contributed by atoms with Gasteiger partial charge in [-0.2, -0.15) is 0 Å². The Balaban J connectivity index is 1.93. The molecule has 21 nitrogen and oxygen atoms in total. The monoisotopic (exact) mass is 907 g/mol. The van der Waals surface area contributed by atoms with Gasteiger partial charge >= 0.3 is 23.9 Å². The first kappa shape index (κ1) is 53.8. The van der Waals surface area contributed by atoms with Crippen LogP contribution in [0.2, 0.25) is 0 Å². The summed E-state index contributed by atoms with van der Waals surface area (Å²) in [5, 5.41) is 49.7. The van der Waals surface area contributed by atoms with E-state index in [9.17, 15) is 58.8 Å². The van der Waals surface area contributed by atoms with Crippen molar-refractivity contribution in [1.29, 1.82) is 0 Å². The van der Waals surface area contributed by atoms with Crippen molar-refractivity contribution in [2.75, 3.05) is 111 Å². The van der Waals surface area contributed by atoms with Gasteiger partial charge in [0, 0.05) is 84.1 Å². The molecule has 8 N–H and O–H groups in total. The third-order valence-corrected chi connectivity index (χ3v) is 11.0. The quantitative estimate of drug-likeness (QED) is 0.0343. The van der Waals surface area contributed by atoms with E-state index in [1.165, 1.54) is 0 Å². The van der Waals surface area contributed by atoms with Crippen LogP contribution in [0.15, 0.2) is 24.3 Å². The number of carboxylic acids is 4. The number of hydrogen-bond acceptors (Lipinski definition) is 13. The van der Waals surface area contributed by atoms with Crippen molar-refractivity contribution in [3.05, 3.63) is 29.8 Å². The lowest BCUT2D eigenvalue weighted by Crippen LogP contribution is -2.53. The van der Waals surface area contributed by atoms with Crippen LogP contribution in [0.25, 0.3) is 0 Å². The zero-order chi connectivity index (χ0) is 47.0. The summed E-state index contributed by atoms with van der Waals surface area (Å²) < 4.78 is 0. The summed E-state index contributed by atoms with van der Waals surface area (Å²) in [6, 6.07) is 6.51. The summed E-state index contributed by atoms with van der Waals surface area (Å²) in [4.78, 5) is 104. The molecule has 63 heavy (non-hydrogen) atoms. The number of unbranched alkanes of at least 4 members (excludes halogenated alkanes) is 2. The number of nitrogens with one attached hydrogen (secondary N) is 4. The van der Waals surface area contributed by atoms with Gasteiger partial charge < -0.3 is 51.4 Å². The molecular formula is C41H65N9O12S. The molecule has 3 amide bonds. The zero-order valence-corrected chi connectivity index (χ0v) is 37.3. The number of nitrogens with zero attached hydrogens (tertiary/aromatic N) is 5. The summed E-state index contributed by atoms with van der Waals surface area (Å²) in [5.41, 5.74) is 0.645. The highest BCUT2D eigenvalue weighted by atomic mass is 32.1. The molecule has 352 valence electrons. The average molecular weight is 908 g/mol. The SMILES string of the molecule is CCC(C)(CC=O)C(=O)N(C)CCCCCNC(=O)CNC(=O)CNC(=S)Nc1ccc(CC2CN(CC(=O)O)CCN(CC(=O)O)CCN(CC(=O)O)CCN2CC(=O)O)cc1. The maximum Gasteiger partial charge on any atom is 0.317 e. The first-order valence-electron chi connectivity index (χ1n) is 21.0. The maximum absolute atomic E-state index is 12.7. The van der Waals surface area contributed by atoms with Gasteiger partial charge in [0.05, 0.1) is 44.7 Å². The second-order valence-corrected chi connectivity index (χ2v) is 16.3. The number of benzene rings is 1. The fourth-order valence-corrected chi connectivity index (χ4v) is 7.19. The maximum atomic E-state index is 12.7. The molecule has 2 unspecified atom stereocenters. The lowest BCUT2D eigenvalue weighted by molar-refractivity contribution is -0.142. The Morgan fingerprint density at radius 1 is 0.746 bits per heavy atom. The van der Waals surface area contributed by atoms with Gasteiger partial charge in [-0.25, -0.2) is 0 Å². The Bertz CT molecular complexity index is 1700. The van der Waals surface area contributed by atoms with Crippen molar-refractivity contribution < 1.29 is 58.8 Å². The number of anilines is 1. The van der Waals surface area contributed by atoms with Gasteiger partial charge in [0.25, 0.3) is 0 Å². The van der Waals surface area contributed by atoms with E-state index in [-0.39, 0.29) is 108 Å². The van der Waals surface area contributed by atoms with Crippen LogP contribution in [0.5, 0.6) is 0 Å². The normalized spacial score (nSPS) is 16.8. The predicted octanol–water partition coefficient (Wildman–Crippen LogP) is -0.690. The Kier molecular flexibility index (Phi) is 24.3. The van der Waals surface area contributed by atoms with Crippen molar-refractivity contribution in [3.8, 4) is 0 Å². The van der Waals surface area contributed by atoms with Gasteiger partial charge in [-0.05, 0) is 62.0 Å². The van der Waals surface area contributed by atoms with Gasteiger partial charge in [-0.15, -0.1) is 0 Å². The van der Waals surface area contributed by atoms with E-state index in [4.69, 9.17) is 12.2 Å². The van der Waals surface area contributed by atoms with Crippen LogP contribution in [0.4, 0.5) is 5.69 Å². The van der Waals surface area contributed by atoms with Gasteiger partial charge in [-0.3, -0.25) is 53.2 Å². The minimum absolute atomic E-state index is 0.0637. The molecule has 1 aliphatic heterocycles. The topological polar surface area (TPSA) is 282 Å². The van der Waals surface area contributed by atoms with Gasteiger partial charge in [0.15, 0.2) is 5.11 Å². The third-order valence-electron chi connectivity index (χ3n) is 10.8. The van der Waals surface area contributed by atoms with E-state index in [1.807, 2.05) is 6.92 Å². The first-order valence-corrected chi connectivity index (χ1v) is 21.4. The van der Waals surface area contributed by atoms with E-state index in [0.29, 0.717) is 38.0 Å². The van der Waals surface area contributed by atoms with Gasteiger partial charge in [0.1, 0.15) is 6.29 Å². The van der Waals surface area contributed by atoms with Crippen LogP contribution in [0.3, 0.4) is 0 Å². The van der Waals surface area contributed by atoms with E-state index < -0.39 is 41.2 Å². The molecule has 1 saturated heterocycles. The molecule has 0 bridgehead atoms. The van der Waals surface area contributed by atoms with Gasteiger partial charge in [-0.1, -0.05) is 26.0 Å². The number of carboxylic acid groups (broad SMARTS) is 4. The van der Waals surface area contributed by atoms with Crippen LogP contribution in [0.1, 0.15) is 51.5 Å². The van der Waals surface area contributed by atoms with Crippen molar-refractivity contribution in [3.63, 3.8) is 0 Å². The zero-order valence-electron chi connectivity index (χ0n) is 36.5. The number of aliphatic carboxylic acids is 4. The van der Waals surface area contributed by atoms with E-state index in [0.717, 1.165) is 24.7 Å². The van der Waals surface area contributed by atoms with Crippen molar-refractivity contribution in [2.45, 2.75) is 58.4 Å².